The lowest BCUT2D eigenvalue weighted by Crippen LogP contribution is -2.21. The van der Waals surface area contributed by atoms with Crippen LogP contribution in [0.4, 0.5) is 0 Å². The zero-order valence-electron chi connectivity index (χ0n) is 14.4. The third kappa shape index (κ3) is 6.04. The minimum absolute atomic E-state index is 0.328. The molecule has 0 aliphatic rings. The Hall–Kier alpha value is -1.25. The summed E-state index contributed by atoms with van der Waals surface area (Å²) >= 11 is 5.95. The SMILES string of the molecule is CC(C)CC[C@H](CCN[C@H](C)c1ccc(Cl)cc1)c1ccco1. The molecule has 2 rings (SSSR count). The van der Waals surface area contributed by atoms with Gasteiger partial charge in [-0.25, -0.2) is 0 Å². The molecular formula is C20H28ClNO. The average molecular weight is 334 g/mol. The first-order valence-corrected chi connectivity index (χ1v) is 8.96. The summed E-state index contributed by atoms with van der Waals surface area (Å²) in [5.41, 5.74) is 1.27. The van der Waals surface area contributed by atoms with Crippen LogP contribution in [0.1, 0.15) is 63.3 Å². The predicted molar refractivity (Wildman–Crippen MR) is 98.0 cm³/mol. The number of halogens is 1. The molecule has 0 saturated heterocycles. The van der Waals surface area contributed by atoms with Crippen LogP contribution in [-0.4, -0.2) is 6.54 Å². The Morgan fingerprint density at radius 1 is 1.00 bits per heavy atom. The lowest BCUT2D eigenvalue weighted by atomic mass is 9.93. The molecule has 126 valence electrons. The van der Waals surface area contributed by atoms with Crippen molar-refractivity contribution in [3.05, 3.63) is 59.0 Å². The van der Waals surface area contributed by atoms with E-state index in [4.69, 9.17) is 16.0 Å². The van der Waals surface area contributed by atoms with Gasteiger partial charge in [0.05, 0.1) is 6.26 Å². The van der Waals surface area contributed by atoms with E-state index >= 15 is 0 Å². The smallest absolute Gasteiger partial charge is 0.106 e. The molecule has 2 atom stereocenters. The lowest BCUT2D eigenvalue weighted by molar-refractivity contribution is 0.392. The van der Waals surface area contributed by atoms with E-state index in [0.717, 1.165) is 29.7 Å². The molecular weight excluding hydrogens is 306 g/mol. The van der Waals surface area contributed by atoms with Crippen LogP contribution in [0.5, 0.6) is 0 Å². The zero-order valence-corrected chi connectivity index (χ0v) is 15.1. The van der Waals surface area contributed by atoms with Gasteiger partial charge in [0.1, 0.15) is 5.76 Å². The largest absolute Gasteiger partial charge is 0.469 e. The van der Waals surface area contributed by atoms with Gasteiger partial charge in [0, 0.05) is 17.0 Å². The maximum Gasteiger partial charge on any atom is 0.106 e. The summed E-state index contributed by atoms with van der Waals surface area (Å²) in [6.45, 7) is 7.73. The Kier molecular flexibility index (Phi) is 7.19. The third-order valence-electron chi connectivity index (χ3n) is 4.35. The van der Waals surface area contributed by atoms with E-state index < -0.39 is 0 Å². The summed E-state index contributed by atoms with van der Waals surface area (Å²) in [6, 6.07) is 12.5. The highest BCUT2D eigenvalue weighted by atomic mass is 35.5. The van der Waals surface area contributed by atoms with Crippen molar-refractivity contribution in [2.45, 2.75) is 52.0 Å². The predicted octanol–water partition coefficient (Wildman–Crippen LogP) is 6.19. The second-order valence-corrected chi connectivity index (χ2v) is 7.14. The van der Waals surface area contributed by atoms with E-state index in [1.807, 2.05) is 18.2 Å². The molecule has 0 bridgehead atoms. The molecule has 1 aromatic heterocycles. The molecule has 2 aromatic rings. The Morgan fingerprint density at radius 2 is 1.74 bits per heavy atom. The van der Waals surface area contributed by atoms with Gasteiger partial charge in [-0.1, -0.05) is 44.0 Å². The van der Waals surface area contributed by atoms with Crippen molar-refractivity contribution in [3.63, 3.8) is 0 Å². The van der Waals surface area contributed by atoms with Crippen LogP contribution in [0.25, 0.3) is 0 Å². The average Bonchev–Trinajstić information content (AvgIpc) is 3.05. The molecule has 23 heavy (non-hydrogen) atoms. The van der Waals surface area contributed by atoms with Gasteiger partial charge in [-0.3, -0.25) is 0 Å². The molecule has 2 nitrogen and oxygen atoms in total. The minimum atomic E-state index is 0.328. The van der Waals surface area contributed by atoms with Crippen LogP contribution in [0.2, 0.25) is 5.02 Å². The Morgan fingerprint density at radius 3 is 2.35 bits per heavy atom. The van der Waals surface area contributed by atoms with E-state index in [1.165, 1.54) is 18.4 Å². The van der Waals surface area contributed by atoms with E-state index in [0.29, 0.717) is 12.0 Å². The fourth-order valence-corrected chi connectivity index (χ4v) is 2.96. The molecule has 3 heteroatoms. The fourth-order valence-electron chi connectivity index (χ4n) is 2.83. The van der Waals surface area contributed by atoms with Gasteiger partial charge in [0.2, 0.25) is 0 Å². The van der Waals surface area contributed by atoms with Gasteiger partial charge in [0.15, 0.2) is 0 Å². The van der Waals surface area contributed by atoms with Crippen molar-refractivity contribution in [2.24, 2.45) is 5.92 Å². The summed E-state index contributed by atoms with van der Waals surface area (Å²) < 4.78 is 5.64. The van der Waals surface area contributed by atoms with Crippen LogP contribution in [0, 0.1) is 5.92 Å². The molecule has 1 heterocycles. The first-order valence-electron chi connectivity index (χ1n) is 8.58. The summed E-state index contributed by atoms with van der Waals surface area (Å²) in [5, 5.41) is 4.40. The number of furan rings is 1. The van der Waals surface area contributed by atoms with Gasteiger partial charge in [-0.15, -0.1) is 0 Å². The Labute approximate surface area is 145 Å². The summed E-state index contributed by atoms with van der Waals surface area (Å²) in [7, 11) is 0. The molecule has 0 aliphatic heterocycles. The van der Waals surface area contributed by atoms with Crippen molar-refractivity contribution >= 4 is 11.6 Å². The highest BCUT2D eigenvalue weighted by Gasteiger charge is 2.15. The van der Waals surface area contributed by atoms with Crippen LogP contribution in [0.3, 0.4) is 0 Å². The summed E-state index contributed by atoms with van der Waals surface area (Å²) in [4.78, 5) is 0. The molecule has 0 fully saturated rings. The molecule has 0 radical (unpaired) electrons. The summed E-state index contributed by atoms with van der Waals surface area (Å²) in [6.07, 6.45) is 5.29. The van der Waals surface area contributed by atoms with Gasteiger partial charge >= 0.3 is 0 Å². The second-order valence-electron chi connectivity index (χ2n) is 6.70. The molecule has 1 aromatic carbocycles. The van der Waals surface area contributed by atoms with Crippen molar-refractivity contribution in [3.8, 4) is 0 Å². The highest BCUT2D eigenvalue weighted by molar-refractivity contribution is 6.30. The number of rotatable bonds is 9. The van der Waals surface area contributed by atoms with E-state index in [9.17, 15) is 0 Å². The summed E-state index contributed by atoms with van der Waals surface area (Å²) in [5.74, 6) is 2.34. The standard InChI is InChI=1S/C20H28ClNO/c1-15(2)6-7-18(20-5-4-14-23-20)12-13-22-16(3)17-8-10-19(21)11-9-17/h4-5,8-11,14-16,18,22H,6-7,12-13H2,1-3H3/t16-,18-/m1/s1. The first kappa shape index (κ1) is 18.1. The second kappa shape index (κ2) is 9.14. The minimum Gasteiger partial charge on any atom is -0.469 e. The van der Waals surface area contributed by atoms with Crippen LogP contribution < -0.4 is 5.32 Å². The first-order chi connectivity index (χ1) is 11.1. The maximum absolute atomic E-state index is 5.95. The molecule has 1 N–H and O–H groups in total. The van der Waals surface area contributed by atoms with E-state index in [2.05, 4.69) is 44.3 Å². The molecule has 0 unspecified atom stereocenters. The molecule has 0 spiro atoms. The van der Waals surface area contributed by atoms with Crippen molar-refractivity contribution in [1.29, 1.82) is 0 Å². The van der Waals surface area contributed by atoms with Crippen LogP contribution in [0.15, 0.2) is 47.1 Å². The van der Waals surface area contributed by atoms with Crippen molar-refractivity contribution < 1.29 is 4.42 Å². The maximum atomic E-state index is 5.95. The molecule has 0 amide bonds. The lowest BCUT2D eigenvalue weighted by Gasteiger charge is -2.19. The Balaban J connectivity index is 1.84. The van der Waals surface area contributed by atoms with Gasteiger partial charge in [0.25, 0.3) is 0 Å². The molecule has 0 aliphatic carbocycles. The number of benzene rings is 1. The van der Waals surface area contributed by atoms with E-state index in [-0.39, 0.29) is 0 Å². The van der Waals surface area contributed by atoms with Crippen molar-refractivity contribution in [2.75, 3.05) is 6.54 Å². The Bertz CT molecular complexity index is 548. The quantitative estimate of drug-likeness (QED) is 0.591. The van der Waals surface area contributed by atoms with Gasteiger partial charge < -0.3 is 9.73 Å². The normalized spacial score (nSPS) is 14.1. The van der Waals surface area contributed by atoms with Crippen molar-refractivity contribution in [1.82, 2.24) is 5.32 Å². The van der Waals surface area contributed by atoms with Gasteiger partial charge in [-0.05, 0) is 62.1 Å². The number of hydrogen-bond acceptors (Lipinski definition) is 2. The monoisotopic (exact) mass is 333 g/mol. The fraction of sp³-hybridized carbons (Fsp3) is 0.500. The number of nitrogens with one attached hydrogen (secondary N) is 1. The van der Waals surface area contributed by atoms with E-state index in [1.54, 1.807) is 6.26 Å². The topological polar surface area (TPSA) is 25.2 Å². The van der Waals surface area contributed by atoms with Crippen LogP contribution >= 0.6 is 11.6 Å². The highest BCUT2D eigenvalue weighted by Crippen LogP contribution is 2.27. The zero-order chi connectivity index (χ0) is 16.7. The number of hydrogen-bond donors (Lipinski definition) is 1. The van der Waals surface area contributed by atoms with Gasteiger partial charge in [-0.2, -0.15) is 0 Å². The molecule has 0 saturated carbocycles. The van der Waals surface area contributed by atoms with Crippen LogP contribution in [-0.2, 0) is 0 Å². The third-order valence-corrected chi connectivity index (χ3v) is 4.60.